The number of hydrogen-bond donors (Lipinski definition) is 0. The molecule has 2 nitrogen and oxygen atoms in total. The van der Waals surface area contributed by atoms with Crippen LogP contribution in [-0.4, -0.2) is 10.4 Å². The summed E-state index contributed by atoms with van der Waals surface area (Å²) in [6.07, 6.45) is 1.72. The van der Waals surface area contributed by atoms with Gasteiger partial charge in [0.15, 0.2) is 5.78 Å². The summed E-state index contributed by atoms with van der Waals surface area (Å²) in [4.78, 5) is 12.1. The molecule has 1 heterocycles. The monoisotopic (exact) mass is 271 g/mol. The number of Topliss-reactive ketones (excluding diaryl/α,β-unsaturated/α-hetero) is 1. The molecule has 0 atom stereocenters. The SMILES string of the molecule is O=C(Cn1ccc2ccc(F)cc21)c1cccc(F)c1. The van der Waals surface area contributed by atoms with Gasteiger partial charge in [0.05, 0.1) is 12.1 Å². The van der Waals surface area contributed by atoms with Crippen molar-refractivity contribution in [2.24, 2.45) is 0 Å². The normalized spacial score (nSPS) is 10.9. The summed E-state index contributed by atoms with van der Waals surface area (Å²) in [5.74, 6) is -1.01. The molecule has 0 bridgehead atoms. The van der Waals surface area contributed by atoms with Crippen molar-refractivity contribution >= 4 is 16.7 Å². The fourth-order valence-corrected chi connectivity index (χ4v) is 2.20. The van der Waals surface area contributed by atoms with Gasteiger partial charge in [-0.3, -0.25) is 4.79 Å². The molecular formula is C16H11F2NO. The molecule has 3 rings (SSSR count). The van der Waals surface area contributed by atoms with Crippen molar-refractivity contribution < 1.29 is 13.6 Å². The maximum Gasteiger partial charge on any atom is 0.182 e. The molecule has 0 N–H and O–H groups in total. The lowest BCUT2D eigenvalue weighted by Crippen LogP contribution is -2.09. The van der Waals surface area contributed by atoms with Crippen LogP contribution in [0, 0.1) is 11.6 Å². The maximum absolute atomic E-state index is 13.3. The average Bonchev–Trinajstić information content (AvgIpc) is 2.81. The predicted molar refractivity (Wildman–Crippen MR) is 72.6 cm³/mol. The first-order valence-electron chi connectivity index (χ1n) is 6.17. The van der Waals surface area contributed by atoms with E-state index in [1.807, 2.05) is 6.07 Å². The molecule has 0 saturated heterocycles. The van der Waals surface area contributed by atoms with Gasteiger partial charge in [-0.2, -0.15) is 0 Å². The van der Waals surface area contributed by atoms with Gasteiger partial charge in [-0.15, -0.1) is 0 Å². The molecule has 0 aliphatic carbocycles. The number of hydrogen-bond acceptors (Lipinski definition) is 1. The van der Waals surface area contributed by atoms with Crippen LogP contribution in [0.2, 0.25) is 0 Å². The second kappa shape index (κ2) is 4.89. The van der Waals surface area contributed by atoms with E-state index in [-0.39, 0.29) is 18.1 Å². The highest BCUT2D eigenvalue weighted by molar-refractivity contribution is 5.96. The molecule has 0 aliphatic rings. The molecular weight excluding hydrogens is 260 g/mol. The fraction of sp³-hybridized carbons (Fsp3) is 0.0625. The van der Waals surface area contributed by atoms with E-state index in [1.54, 1.807) is 22.9 Å². The summed E-state index contributed by atoms with van der Waals surface area (Å²) in [5.41, 5.74) is 0.956. The molecule has 0 radical (unpaired) electrons. The van der Waals surface area contributed by atoms with Crippen LogP contribution in [-0.2, 0) is 6.54 Å². The number of benzene rings is 2. The van der Waals surface area contributed by atoms with Crippen molar-refractivity contribution in [3.8, 4) is 0 Å². The molecule has 0 unspecified atom stereocenters. The van der Waals surface area contributed by atoms with E-state index in [0.29, 0.717) is 11.1 Å². The zero-order valence-corrected chi connectivity index (χ0v) is 10.5. The van der Waals surface area contributed by atoms with Gasteiger partial charge in [-0.1, -0.05) is 12.1 Å². The first kappa shape index (κ1) is 12.5. The third-order valence-electron chi connectivity index (χ3n) is 3.20. The number of carbonyl (C=O) groups is 1. The maximum atomic E-state index is 13.3. The average molecular weight is 271 g/mol. The molecule has 0 amide bonds. The number of ketones is 1. The quantitative estimate of drug-likeness (QED) is 0.664. The Morgan fingerprint density at radius 3 is 2.60 bits per heavy atom. The minimum atomic E-state index is -0.445. The molecule has 0 fully saturated rings. The van der Waals surface area contributed by atoms with Crippen LogP contribution in [0.25, 0.3) is 10.9 Å². The first-order valence-corrected chi connectivity index (χ1v) is 6.17. The number of carbonyl (C=O) groups excluding carboxylic acids is 1. The lowest BCUT2D eigenvalue weighted by atomic mass is 10.1. The van der Waals surface area contributed by atoms with E-state index in [9.17, 15) is 13.6 Å². The Balaban J connectivity index is 1.93. The topological polar surface area (TPSA) is 22.0 Å². The molecule has 2 aromatic carbocycles. The van der Waals surface area contributed by atoms with E-state index in [1.165, 1.54) is 30.3 Å². The van der Waals surface area contributed by atoms with E-state index < -0.39 is 5.82 Å². The lowest BCUT2D eigenvalue weighted by molar-refractivity contribution is 0.0973. The Labute approximate surface area is 114 Å². The Bertz CT molecular complexity index is 792. The molecule has 0 spiro atoms. The van der Waals surface area contributed by atoms with Gasteiger partial charge in [0.1, 0.15) is 11.6 Å². The smallest absolute Gasteiger partial charge is 0.182 e. The van der Waals surface area contributed by atoms with Gasteiger partial charge in [0.25, 0.3) is 0 Å². The van der Waals surface area contributed by atoms with E-state index in [2.05, 4.69) is 0 Å². The highest BCUT2D eigenvalue weighted by atomic mass is 19.1. The molecule has 0 aliphatic heterocycles. The number of halogens is 2. The summed E-state index contributed by atoms with van der Waals surface area (Å²) in [6.45, 7) is 0.0520. The zero-order valence-electron chi connectivity index (χ0n) is 10.5. The number of fused-ring (bicyclic) bond motifs is 1. The highest BCUT2D eigenvalue weighted by Crippen LogP contribution is 2.18. The number of aromatic nitrogens is 1. The van der Waals surface area contributed by atoms with Crippen LogP contribution in [0.4, 0.5) is 8.78 Å². The second-order valence-corrected chi connectivity index (χ2v) is 4.58. The Morgan fingerprint density at radius 1 is 1.00 bits per heavy atom. The van der Waals surface area contributed by atoms with Gasteiger partial charge < -0.3 is 4.57 Å². The Hall–Kier alpha value is -2.49. The summed E-state index contributed by atoms with van der Waals surface area (Å²) in [6, 6.07) is 11.8. The lowest BCUT2D eigenvalue weighted by Gasteiger charge is -2.05. The van der Waals surface area contributed by atoms with Crippen molar-refractivity contribution in [2.45, 2.75) is 6.54 Å². The molecule has 20 heavy (non-hydrogen) atoms. The number of rotatable bonds is 3. The van der Waals surface area contributed by atoms with Crippen LogP contribution >= 0.6 is 0 Å². The number of nitrogens with zero attached hydrogens (tertiary/aromatic N) is 1. The molecule has 100 valence electrons. The first-order chi connectivity index (χ1) is 9.63. The minimum Gasteiger partial charge on any atom is -0.340 e. The molecule has 1 aromatic heterocycles. The van der Waals surface area contributed by atoms with Crippen LogP contribution in [0.1, 0.15) is 10.4 Å². The van der Waals surface area contributed by atoms with Crippen LogP contribution in [0.5, 0.6) is 0 Å². The van der Waals surface area contributed by atoms with Crippen LogP contribution in [0.15, 0.2) is 54.7 Å². The van der Waals surface area contributed by atoms with Gasteiger partial charge in [0.2, 0.25) is 0 Å². The second-order valence-electron chi connectivity index (χ2n) is 4.58. The van der Waals surface area contributed by atoms with Crippen molar-refractivity contribution in [2.75, 3.05) is 0 Å². The minimum absolute atomic E-state index is 0.0520. The predicted octanol–water partition coefficient (Wildman–Crippen LogP) is 3.80. The molecule has 0 saturated carbocycles. The summed E-state index contributed by atoms with van der Waals surface area (Å²) in [5, 5.41) is 0.860. The summed E-state index contributed by atoms with van der Waals surface area (Å²) < 4.78 is 28.0. The standard InChI is InChI=1S/C16H11F2NO/c17-13-3-1-2-12(8-13)16(20)10-19-7-6-11-4-5-14(18)9-15(11)19/h1-9H,10H2. The fourth-order valence-electron chi connectivity index (χ4n) is 2.20. The van der Waals surface area contributed by atoms with Crippen molar-refractivity contribution in [3.63, 3.8) is 0 Å². The van der Waals surface area contributed by atoms with E-state index >= 15 is 0 Å². The Morgan fingerprint density at radius 2 is 1.80 bits per heavy atom. The van der Waals surface area contributed by atoms with Crippen molar-refractivity contribution in [3.05, 3.63) is 71.9 Å². The third-order valence-corrected chi connectivity index (χ3v) is 3.20. The van der Waals surface area contributed by atoms with Crippen LogP contribution in [0.3, 0.4) is 0 Å². The Kier molecular flexibility index (Phi) is 3.06. The van der Waals surface area contributed by atoms with Gasteiger partial charge in [-0.25, -0.2) is 8.78 Å². The zero-order chi connectivity index (χ0) is 14.1. The summed E-state index contributed by atoms with van der Waals surface area (Å²) >= 11 is 0. The third kappa shape index (κ3) is 2.32. The van der Waals surface area contributed by atoms with Crippen molar-refractivity contribution in [1.82, 2.24) is 4.57 Å². The van der Waals surface area contributed by atoms with E-state index in [0.717, 1.165) is 5.39 Å². The molecule has 4 heteroatoms. The van der Waals surface area contributed by atoms with Gasteiger partial charge in [0, 0.05) is 11.8 Å². The van der Waals surface area contributed by atoms with Crippen LogP contribution < -0.4 is 0 Å². The largest absolute Gasteiger partial charge is 0.340 e. The van der Waals surface area contributed by atoms with E-state index in [4.69, 9.17) is 0 Å². The van der Waals surface area contributed by atoms with Crippen molar-refractivity contribution in [1.29, 1.82) is 0 Å². The van der Waals surface area contributed by atoms with Gasteiger partial charge >= 0.3 is 0 Å². The summed E-state index contributed by atoms with van der Waals surface area (Å²) in [7, 11) is 0. The van der Waals surface area contributed by atoms with Gasteiger partial charge in [-0.05, 0) is 41.8 Å². The molecule has 3 aromatic rings. The highest BCUT2D eigenvalue weighted by Gasteiger charge is 2.10.